The number of sulfonamides is 1. The summed E-state index contributed by atoms with van der Waals surface area (Å²) in [6.45, 7) is 11.6. The first kappa shape index (κ1) is 28.5. The Labute approximate surface area is 230 Å². The number of nitrogens with one attached hydrogen (secondary N) is 1. The number of amides is 2. The highest BCUT2D eigenvalue weighted by molar-refractivity contribution is 7.89. The van der Waals surface area contributed by atoms with Crippen LogP contribution in [0.5, 0.6) is 0 Å². The fourth-order valence-corrected chi connectivity index (χ4v) is 6.37. The van der Waals surface area contributed by atoms with Gasteiger partial charge in [-0.3, -0.25) is 9.80 Å². The molecule has 2 aromatic carbocycles. The largest absolute Gasteiger partial charge is 0.463 e. The maximum absolute atomic E-state index is 13.3. The molecular weight excluding hydrogens is 516 g/mol. The van der Waals surface area contributed by atoms with Gasteiger partial charge in [0.2, 0.25) is 10.0 Å². The predicted molar refractivity (Wildman–Crippen MR) is 149 cm³/mol. The maximum atomic E-state index is 13.3. The number of carbonyl (C=O) groups is 2. The van der Waals surface area contributed by atoms with Crippen molar-refractivity contribution in [3.05, 3.63) is 89.1 Å². The molecule has 39 heavy (non-hydrogen) atoms. The summed E-state index contributed by atoms with van der Waals surface area (Å²) in [6.07, 6.45) is 1.61. The number of benzene rings is 2. The molecule has 1 atom stereocenters. The molecule has 10 heteroatoms. The van der Waals surface area contributed by atoms with Gasteiger partial charge in [0.25, 0.3) is 0 Å². The molecule has 0 spiro atoms. The van der Waals surface area contributed by atoms with Gasteiger partial charge in [0.1, 0.15) is 0 Å². The Kier molecular flexibility index (Phi) is 8.89. The van der Waals surface area contributed by atoms with Crippen LogP contribution in [0.4, 0.5) is 4.79 Å². The summed E-state index contributed by atoms with van der Waals surface area (Å²) in [5, 5.41) is 2.97. The van der Waals surface area contributed by atoms with Crippen molar-refractivity contribution in [3.8, 4) is 0 Å². The molecular formula is C29H36N4O5S. The number of aryl methyl sites for hydroxylation is 2. The Bertz CT molecular complexity index is 1360. The third kappa shape index (κ3) is 6.24. The molecule has 2 aromatic rings. The summed E-state index contributed by atoms with van der Waals surface area (Å²) in [5.41, 5.74) is 3.70. The van der Waals surface area contributed by atoms with Crippen molar-refractivity contribution in [2.24, 2.45) is 0 Å². The summed E-state index contributed by atoms with van der Waals surface area (Å²) < 4.78 is 33.3. The number of esters is 1. The van der Waals surface area contributed by atoms with Gasteiger partial charge in [-0.05, 0) is 38.5 Å². The third-order valence-electron chi connectivity index (χ3n) is 6.98. The first-order valence-electron chi connectivity index (χ1n) is 13.1. The molecule has 4 rings (SSSR count). The van der Waals surface area contributed by atoms with Crippen LogP contribution in [0.2, 0.25) is 0 Å². The molecule has 0 saturated carbocycles. The van der Waals surface area contributed by atoms with Gasteiger partial charge in [0, 0.05) is 45.0 Å². The van der Waals surface area contributed by atoms with Crippen molar-refractivity contribution in [1.29, 1.82) is 0 Å². The van der Waals surface area contributed by atoms with E-state index in [1.54, 1.807) is 37.3 Å². The van der Waals surface area contributed by atoms with E-state index in [2.05, 4.69) is 16.8 Å². The summed E-state index contributed by atoms with van der Waals surface area (Å²) in [6, 6.07) is 13.5. The SMILES string of the molecule is C=CCN1C(=O)NC(c2cccc(C)c2)C(C(=O)OCC)=C1CN1CCN(S(=O)(=O)c2ccc(C)cc2)CC1. The molecule has 0 aromatic heterocycles. The van der Waals surface area contributed by atoms with E-state index in [0.29, 0.717) is 37.4 Å². The van der Waals surface area contributed by atoms with Crippen molar-refractivity contribution >= 4 is 22.0 Å². The van der Waals surface area contributed by atoms with Gasteiger partial charge in [0.15, 0.2) is 0 Å². The van der Waals surface area contributed by atoms with Gasteiger partial charge in [-0.15, -0.1) is 6.58 Å². The van der Waals surface area contributed by atoms with Gasteiger partial charge in [0.05, 0.1) is 23.1 Å². The van der Waals surface area contributed by atoms with Crippen molar-refractivity contribution < 1.29 is 22.7 Å². The molecule has 208 valence electrons. The van der Waals surface area contributed by atoms with E-state index in [1.807, 2.05) is 38.1 Å². The minimum absolute atomic E-state index is 0.196. The van der Waals surface area contributed by atoms with E-state index in [9.17, 15) is 18.0 Å². The van der Waals surface area contributed by atoms with Crippen LogP contribution < -0.4 is 5.32 Å². The molecule has 1 unspecified atom stereocenters. The highest BCUT2D eigenvalue weighted by Crippen LogP contribution is 2.33. The summed E-state index contributed by atoms with van der Waals surface area (Å²) in [5.74, 6) is -0.492. The lowest BCUT2D eigenvalue weighted by molar-refractivity contribution is -0.139. The molecule has 1 fully saturated rings. The molecule has 2 aliphatic heterocycles. The standard InChI is InChI=1S/C29H36N4O5S/c1-5-14-33-25(20-31-15-17-32(18-16-31)39(36,37)24-12-10-21(3)11-13-24)26(28(34)38-6-2)27(30-29(33)35)23-9-7-8-22(4)19-23/h5,7-13,19,27H,1,6,14-18,20H2,2-4H3,(H,30,35). The number of nitrogens with zero attached hydrogens (tertiary/aromatic N) is 3. The highest BCUT2D eigenvalue weighted by atomic mass is 32.2. The Morgan fingerprint density at radius 3 is 2.38 bits per heavy atom. The maximum Gasteiger partial charge on any atom is 0.338 e. The highest BCUT2D eigenvalue weighted by Gasteiger charge is 2.39. The van der Waals surface area contributed by atoms with Gasteiger partial charge in [-0.2, -0.15) is 4.31 Å². The zero-order valence-corrected chi connectivity index (χ0v) is 23.5. The second-order valence-corrected chi connectivity index (χ2v) is 11.7. The van der Waals surface area contributed by atoms with Crippen molar-refractivity contribution in [1.82, 2.24) is 19.4 Å². The van der Waals surface area contributed by atoms with Gasteiger partial charge < -0.3 is 10.1 Å². The second kappa shape index (κ2) is 12.1. The lowest BCUT2D eigenvalue weighted by Gasteiger charge is -2.40. The van der Waals surface area contributed by atoms with Crippen LogP contribution in [0.3, 0.4) is 0 Å². The van der Waals surface area contributed by atoms with E-state index in [1.165, 1.54) is 9.21 Å². The first-order chi connectivity index (χ1) is 18.6. The zero-order valence-electron chi connectivity index (χ0n) is 22.7. The summed E-state index contributed by atoms with van der Waals surface area (Å²) >= 11 is 0. The molecule has 0 radical (unpaired) electrons. The van der Waals surface area contributed by atoms with Crippen LogP contribution >= 0.6 is 0 Å². The lowest BCUT2D eigenvalue weighted by atomic mass is 9.93. The van der Waals surface area contributed by atoms with E-state index in [-0.39, 0.29) is 30.6 Å². The molecule has 2 amide bonds. The Morgan fingerprint density at radius 1 is 1.08 bits per heavy atom. The number of ether oxygens (including phenoxy) is 1. The third-order valence-corrected chi connectivity index (χ3v) is 8.90. The smallest absolute Gasteiger partial charge is 0.338 e. The monoisotopic (exact) mass is 552 g/mol. The Morgan fingerprint density at radius 2 is 1.77 bits per heavy atom. The molecule has 0 aliphatic carbocycles. The molecule has 9 nitrogen and oxygen atoms in total. The number of carbonyl (C=O) groups excluding carboxylic acids is 2. The fraction of sp³-hybridized carbons (Fsp3) is 0.379. The predicted octanol–water partition coefficient (Wildman–Crippen LogP) is 3.38. The van der Waals surface area contributed by atoms with E-state index in [4.69, 9.17) is 4.74 Å². The van der Waals surface area contributed by atoms with Crippen LogP contribution in [0.25, 0.3) is 0 Å². The number of urea groups is 1. The van der Waals surface area contributed by atoms with Gasteiger partial charge >= 0.3 is 12.0 Å². The lowest BCUT2D eigenvalue weighted by Crippen LogP contribution is -2.53. The quantitative estimate of drug-likeness (QED) is 0.378. The van der Waals surface area contributed by atoms with Gasteiger partial charge in [-0.25, -0.2) is 18.0 Å². The average Bonchev–Trinajstić information content (AvgIpc) is 2.91. The summed E-state index contributed by atoms with van der Waals surface area (Å²) in [7, 11) is -3.61. The minimum atomic E-state index is -3.61. The van der Waals surface area contributed by atoms with Crippen LogP contribution in [-0.4, -0.2) is 80.4 Å². The van der Waals surface area contributed by atoms with Crippen molar-refractivity contribution in [2.75, 3.05) is 45.9 Å². The Balaban J connectivity index is 1.64. The molecule has 0 bridgehead atoms. The Hall–Kier alpha value is -3.47. The van der Waals surface area contributed by atoms with E-state index >= 15 is 0 Å². The zero-order chi connectivity index (χ0) is 28.2. The van der Waals surface area contributed by atoms with Crippen molar-refractivity contribution in [2.45, 2.75) is 31.7 Å². The number of piperazine rings is 1. The normalized spacial score (nSPS) is 19.1. The number of hydrogen-bond donors (Lipinski definition) is 1. The number of hydrogen-bond acceptors (Lipinski definition) is 6. The second-order valence-electron chi connectivity index (χ2n) is 9.77. The molecule has 2 aliphatic rings. The van der Waals surface area contributed by atoms with Crippen LogP contribution in [0.15, 0.2) is 77.4 Å². The topological polar surface area (TPSA) is 99.3 Å². The van der Waals surface area contributed by atoms with Crippen LogP contribution in [0, 0.1) is 13.8 Å². The van der Waals surface area contributed by atoms with Crippen molar-refractivity contribution in [3.63, 3.8) is 0 Å². The average molecular weight is 553 g/mol. The van der Waals surface area contributed by atoms with Gasteiger partial charge in [-0.1, -0.05) is 53.6 Å². The van der Waals surface area contributed by atoms with Crippen LogP contribution in [0.1, 0.15) is 29.7 Å². The summed E-state index contributed by atoms with van der Waals surface area (Å²) in [4.78, 5) is 30.5. The van der Waals surface area contributed by atoms with E-state index in [0.717, 1.165) is 16.7 Å². The number of rotatable bonds is 9. The van der Waals surface area contributed by atoms with Crippen LogP contribution in [-0.2, 0) is 19.6 Å². The molecule has 2 heterocycles. The fourth-order valence-electron chi connectivity index (χ4n) is 4.94. The molecule has 1 saturated heterocycles. The minimum Gasteiger partial charge on any atom is -0.463 e. The first-order valence-corrected chi connectivity index (χ1v) is 14.5. The molecule has 1 N–H and O–H groups in total. The van der Waals surface area contributed by atoms with E-state index < -0.39 is 22.0 Å².